The zero-order valence-corrected chi connectivity index (χ0v) is 15.6. The number of nitrogens with zero attached hydrogens (tertiary/aromatic N) is 2. The van der Waals surface area contributed by atoms with Crippen molar-refractivity contribution in [3.8, 4) is 0 Å². The van der Waals surface area contributed by atoms with Crippen LogP contribution in [0.1, 0.15) is 15.9 Å². The minimum absolute atomic E-state index is 0.108. The summed E-state index contributed by atoms with van der Waals surface area (Å²) in [6.07, 6.45) is 0. The van der Waals surface area contributed by atoms with Crippen LogP contribution in [0.15, 0.2) is 40.9 Å². The van der Waals surface area contributed by atoms with Gasteiger partial charge in [-0.05, 0) is 42.8 Å². The summed E-state index contributed by atoms with van der Waals surface area (Å²) in [4.78, 5) is 16.5. The molecule has 0 N–H and O–H groups in total. The van der Waals surface area contributed by atoms with Gasteiger partial charge in [0.05, 0.1) is 5.56 Å². The molecular formula is C18H17BrClFN2O. The molecule has 1 amide bonds. The number of piperazine rings is 1. The topological polar surface area (TPSA) is 23.6 Å². The van der Waals surface area contributed by atoms with Crippen LogP contribution in [0.4, 0.5) is 10.1 Å². The fourth-order valence-electron chi connectivity index (χ4n) is 2.91. The Morgan fingerprint density at radius 1 is 1.12 bits per heavy atom. The maximum atomic E-state index is 13.9. The Bertz CT molecular complexity index is 776. The number of benzene rings is 2. The largest absolute Gasteiger partial charge is 0.368 e. The molecule has 6 heteroatoms. The molecule has 126 valence electrons. The van der Waals surface area contributed by atoms with E-state index in [9.17, 15) is 9.18 Å². The standard InChI is InChI=1S/C18H17BrClFN2O/c1-12-2-4-14(20)11-17(12)22-6-8-23(9-7-22)18(24)15-10-13(19)3-5-16(15)21/h2-5,10-11H,6-9H2,1H3. The van der Waals surface area contributed by atoms with Gasteiger partial charge < -0.3 is 9.80 Å². The van der Waals surface area contributed by atoms with Gasteiger partial charge in [0.2, 0.25) is 0 Å². The molecule has 0 spiro atoms. The molecular weight excluding hydrogens is 395 g/mol. The molecule has 0 unspecified atom stereocenters. The molecule has 2 aromatic carbocycles. The monoisotopic (exact) mass is 410 g/mol. The van der Waals surface area contributed by atoms with Crippen LogP contribution in [0, 0.1) is 12.7 Å². The highest BCUT2D eigenvalue weighted by atomic mass is 79.9. The van der Waals surface area contributed by atoms with E-state index in [0.29, 0.717) is 35.7 Å². The number of halogens is 3. The lowest BCUT2D eigenvalue weighted by atomic mass is 10.1. The summed E-state index contributed by atoms with van der Waals surface area (Å²) in [5.74, 6) is -0.757. The molecule has 3 nitrogen and oxygen atoms in total. The summed E-state index contributed by atoms with van der Waals surface area (Å²) >= 11 is 9.38. The Morgan fingerprint density at radius 3 is 2.54 bits per heavy atom. The molecule has 0 radical (unpaired) electrons. The smallest absolute Gasteiger partial charge is 0.256 e. The number of carbonyl (C=O) groups is 1. The van der Waals surface area contributed by atoms with E-state index in [-0.39, 0.29) is 11.5 Å². The van der Waals surface area contributed by atoms with Crippen molar-refractivity contribution in [1.29, 1.82) is 0 Å². The van der Waals surface area contributed by atoms with Crippen LogP contribution >= 0.6 is 27.5 Å². The van der Waals surface area contributed by atoms with E-state index in [1.54, 1.807) is 11.0 Å². The molecule has 24 heavy (non-hydrogen) atoms. The minimum atomic E-state index is -0.490. The van der Waals surface area contributed by atoms with Crippen LogP contribution in [0.25, 0.3) is 0 Å². The summed E-state index contributed by atoms with van der Waals surface area (Å²) in [5, 5.41) is 0.699. The molecule has 1 aliphatic rings. The maximum Gasteiger partial charge on any atom is 0.256 e. The molecule has 0 saturated carbocycles. The SMILES string of the molecule is Cc1ccc(Cl)cc1N1CCN(C(=O)c2cc(Br)ccc2F)CC1. The van der Waals surface area contributed by atoms with Crippen molar-refractivity contribution < 1.29 is 9.18 Å². The average molecular weight is 412 g/mol. The molecule has 0 atom stereocenters. The van der Waals surface area contributed by atoms with Crippen molar-refractivity contribution in [2.24, 2.45) is 0 Å². The second-order valence-electron chi connectivity index (χ2n) is 5.83. The van der Waals surface area contributed by atoms with E-state index in [0.717, 1.165) is 11.3 Å². The van der Waals surface area contributed by atoms with Crippen molar-refractivity contribution in [3.05, 3.63) is 62.8 Å². The highest BCUT2D eigenvalue weighted by Crippen LogP contribution is 2.26. The molecule has 1 heterocycles. The zero-order valence-electron chi connectivity index (χ0n) is 13.2. The predicted octanol–water partition coefficient (Wildman–Crippen LogP) is 4.51. The summed E-state index contributed by atoms with van der Waals surface area (Å²) in [5.41, 5.74) is 2.34. The predicted molar refractivity (Wildman–Crippen MR) is 98.4 cm³/mol. The first-order chi connectivity index (χ1) is 11.5. The summed E-state index contributed by atoms with van der Waals surface area (Å²) in [6, 6.07) is 10.2. The van der Waals surface area contributed by atoms with Crippen LogP contribution in [0.2, 0.25) is 5.02 Å². The van der Waals surface area contributed by atoms with Crippen LogP contribution < -0.4 is 4.90 Å². The van der Waals surface area contributed by atoms with E-state index in [1.165, 1.54) is 12.1 Å². The number of amides is 1. The highest BCUT2D eigenvalue weighted by molar-refractivity contribution is 9.10. The normalized spacial score (nSPS) is 14.8. The van der Waals surface area contributed by atoms with Crippen LogP contribution in [-0.4, -0.2) is 37.0 Å². The van der Waals surface area contributed by atoms with E-state index in [2.05, 4.69) is 20.8 Å². The van der Waals surface area contributed by atoms with Gasteiger partial charge in [0.15, 0.2) is 0 Å². The third kappa shape index (κ3) is 3.57. The Labute approximate surface area is 154 Å². The summed E-state index contributed by atoms with van der Waals surface area (Å²) < 4.78 is 14.6. The van der Waals surface area contributed by atoms with Crippen molar-refractivity contribution in [2.45, 2.75) is 6.92 Å². The lowest BCUT2D eigenvalue weighted by Crippen LogP contribution is -2.49. The zero-order chi connectivity index (χ0) is 17.3. The lowest BCUT2D eigenvalue weighted by molar-refractivity contribution is 0.0742. The molecule has 1 aliphatic heterocycles. The molecule has 1 saturated heterocycles. The number of hydrogen-bond acceptors (Lipinski definition) is 2. The summed E-state index contributed by atoms with van der Waals surface area (Å²) in [6.45, 7) is 4.54. The number of carbonyl (C=O) groups excluding carboxylic acids is 1. The Morgan fingerprint density at radius 2 is 1.83 bits per heavy atom. The van der Waals surface area contributed by atoms with Gasteiger partial charge in [-0.25, -0.2) is 4.39 Å². The third-order valence-electron chi connectivity index (χ3n) is 4.24. The molecule has 0 bridgehead atoms. The van der Waals surface area contributed by atoms with Crippen LogP contribution in [-0.2, 0) is 0 Å². The molecule has 1 fully saturated rings. The Balaban J connectivity index is 1.72. The van der Waals surface area contributed by atoms with Gasteiger partial charge in [-0.1, -0.05) is 33.6 Å². The average Bonchev–Trinajstić information content (AvgIpc) is 2.59. The first-order valence-corrected chi connectivity index (χ1v) is 8.88. The highest BCUT2D eigenvalue weighted by Gasteiger charge is 2.25. The fourth-order valence-corrected chi connectivity index (χ4v) is 3.43. The van der Waals surface area contributed by atoms with Gasteiger partial charge in [0.1, 0.15) is 5.82 Å². The number of rotatable bonds is 2. The Kier molecular flexibility index (Phi) is 5.11. The first kappa shape index (κ1) is 17.2. The lowest BCUT2D eigenvalue weighted by Gasteiger charge is -2.37. The minimum Gasteiger partial charge on any atom is -0.368 e. The second kappa shape index (κ2) is 7.11. The van der Waals surface area contributed by atoms with Gasteiger partial charge in [-0.15, -0.1) is 0 Å². The molecule has 0 aromatic heterocycles. The number of anilines is 1. The first-order valence-electron chi connectivity index (χ1n) is 7.71. The second-order valence-corrected chi connectivity index (χ2v) is 7.19. The van der Waals surface area contributed by atoms with Gasteiger partial charge in [0.25, 0.3) is 5.91 Å². The third-order valence-corrected chi connectivity index (χ3v) is 4.97. The molecule has 0 aliphatic carbocycles. The quantitative estimate of drug-likeness (QED) is 0.726. The van der Waals surface area contributed by atoms with Gasteiger partial charge in [0, 0.05) is 41.4 Å². The van der Waals surface area contributed by atoms with Crippen LogP contribution in [0.5, 0.6) is 0 Å². The molecule has 2 aromatic rings. The Hall–Kier alpha value is -1.59. The van der Waals surface area contributed by atoms with Gasteiger partial charge in [-0.2, -0.15) is 0 Å². The van der Waals surface area contributed by atoms with E-state index in [4.69, 9.17) is 11.6 Å². The maximum absolute atomic E-state index is 13.9. The number of aryl methyl sites for hydroxylation is 1. The van der Waals surface area contributed by atoms with Gasteiger partial charge >= 0.3 is 0 Å². The van der Waals surface area contributed by atoms with Gasteiger partial charge in [-0.3, -0.25) is 4.79 Å². The van der Waals surface area contributed by atoms with E-state index < -0.39 is 5.82 Å². The number of hydrogen-bond donors (Lipinski definition) is 0. The van der Waals surface area contributed by atoms with E-state index >= 15 is 0 Å². The fraction of sp³-hybridized carbons (Fsp3) is 0.278. The van der Waals surface area contributed by atoms with Crippen molar-refractivity contribution in [1.82, 2.24) is 4.90 Å². The molecule has 3 rings (SSSR count). The van der Waals surface area contributed by atoms with E-state index in [1.807, 2.05) is 25.1 Å². The summed E-state index contributed by atoms with van der Waals surface area (Å²) in [7, 11) is 0. The van der Waals surface area contributed by atoms with Crippen molar-refractivity contribution in [3.63, 3.8) is 0 Å². The van der Waals surface area contributed by atoms with Crippen molar-refractivity contribution in [2.75, 3.05) is 31.1 Å². The van der Waals surface area contributed by atoms with Crippen LogP contribution in [0.3, 0.4) is 0 Å². The van der Waals surface area contributed by atoms with Crippen molar-refractivity contribution >= 4 is 39.1 Å².